The minimum Gasteiger partial charge on any atom is -0.350 e. The first kappa shape index (κ1) is 33.3. The molecular weight excluding hydrogens is 602 g/mol. The molecule has 1 N–H and O–H groups in total. The average molecular weight is 638 g/mol. The number of hydrogen-bond acceptors (Lipinski definition) is 4. The van der Waals surface area contributed by atoms with E-state index in [4.69, 9.17) is 23.2 Å². The predicted molar refractivity (Wildman–Crippen MR) is 165 cm³/mol. The van der Waals surface area contributed by atoms with Gasteiger partial charge in [0.2, 0.25) is 11.8 Å². The Labute approximate surface area is 257 Å². The van der Waals surface area contributed by atoms with Crippen molar-refractivity contribution in [1.82, 2.24) is 14.5 Å². The van der Waals surface area contributed by atoms with Gasteiger partial charge in [0.1, 0.15) is 18.4 Å². The van der Waals surface area contributed by atoms with E-state index in [2.05, 4.69) is 5.32 Å². The van der Waals surface area contributed by atoms with Crippen molar-refractivity contribution in [1.29, 1.82) is 0 Å². The molecule has 0 aromatic heterocycles. The largest absolute Gasteiger partial charge is 0.350 e. The average Bonchev–Trinajstić information content (AvgIpc) is 2.91. The van der Waals surface area contributed by atoms with Crippen LogP contribution in [0.4, 0.5) is 10.1 Å². The van der Waals surface area contributed by atoms with E-state index in [1.54, 1.807) is 18.2 Å². The van der Waals surface area contributed by atoms with E-state index in [1.807, 2.05) is 51.1 Å². The molecule has 0 aliphatic heterocycles. The molecule has 226 valence electrons. The molecule has 0 spiro atoms. The standard InChI is InChI=1S/C30H35Cl2FN4O4S/c1-30(2,3)34-29(39)27(18-21-11-7-6-8-12-21)36(19-22-15-16-23(31)24(32)17-22)28(38)20-37(42(40,41)35(4)5)26-14-10-9-13-25(26)33/h6-17,27H,18-20H2,1-5H3,(H,34,39)/t27-/m1/s1. The van der Waals surface area contributed by atoms with Crippen molar-refractivity contribution in [3.05, 3.63) is 99.8 Å². The van der Waals surface area contributed by atoms with Crippen molar-refractivity contribution < 1.29 is 22.4 Å². The fraction of sp³-hybridized carbons (Fsp3) is 0.333. The Morgan fingerprint density at radius 2 is 1.52 bits per heavy atom. The number of carbonyl (C=O) groups excluding carboxylic acids is 2. The maximum Gasteiger partial charge on any atom is 0.304 e. The summed E-state index contributed by atoms with van der Waals surface area (Å²) in [5.74, 6) is -1.98. The second-order valence-electron chi connectivity index (χ2n) is 11.0. The van der Waals surface area contributed by atoms with Gasteiger partial charge in [-0.3, -0.25) is 9.59 Å². The minimum absolute atomic E-state index is 0.0993. The third-order valence-corrected chi connectivity index (χ3v) is 8.79. The Morgan fingerprint density at radius 1 is 0.905 bits per heavy atom. The van der Waals surface area contributed by atoms with E-state index in [1.165, 1.54) is 37.2 Å². The molecule has 0 heterocycles. The normalized spacial score (nSPS) is 12.6. The number of anilines is 1. The third kappa shape index (κ3) is 8.67. The molecule has 0 aliphatic carbocycles. The predicted octanol–water partition coefficient (Wildman–Crippen LogP) is 5.30. The maximum atomic E-state index is 14.9. The number of halogens is 3. The molecule has 0 saturated carbocycles. The summed E-state index contributed by atoms with van der Waals surface area (Å²) in [5.41, 5.74) is 0.420. The zero-order chi connectivity index (χ0) is 31.2. The van der Waals surface area contributed by atoms with Gasteiger partial charge in [-0.25, -0.2) is 8.70 Å². The smallest absolute Gasteiger partial charge is 0.304 e. The van der Waals surface area contributed by atoms with Crippen LogP contribution in [0.25, 0.3) is 0 Å². The van der Waals surface area contributed by atoms with Crippen molar-refractivity contribution in [2.45, 2.75) is 45.3 Å². The van der Waals surface area contributed by atoms with E-state index in [0.717, 1.165) is 15.9 Å². The molecule has 0 unspecified atom stereocenters. The third-order valence-electron chi connectivity index (χ3n) is 6.25. The summed E-state index contributed by atoms with van der Waals surface area (Å²) in [7, 11) is -1.75. The fourth-order valence-electron chi connectivity index (χ4n) is 4.20. The summed E-state index contributed by atoms with van der Waals surface area (Å²) in [6.07, 6.45) is 0.135. The lowest BCUT2D eigenvalue weighted by Crippen LogP contribution is -2.56. The number of nitrogens with zero attached hydrogens (tertiary/aromatic N) is 3. The van der Waals surface area contributed by atoms with Crippen LogP contribution in [0, 0.1) is 5.82 Å². The van der Waals surface area contributed by atoms with Crippen LogP contribution in [0.15, 0.2) is 72.8 Å². The number of para-hydroxylation sites is 1. The Balaban J connectivity index is 2.14. The summed E-state index contributed by atoms with van der Waals surface area (Å²) in [5, 5.41) is 3.51. The molecule has 8 nitrogen and oxygen atoms in total. The Kier molecular flexibility index (Phi) is 11.0. The number of carbonyl (C=O) groups is 2. The van der Waals surface area contributed by atoms with Crippen LogP contribution < -0.4 is 9.62 Å². The van der Waals surface area contributed by atoms with Crippen LogP contribution in [-0.2, 0) is 32.8 Å². The van der Waals surface area contributed by atoms with Crippen LogP contribution in [0.1, 0.15) is 31.9 Å². The van der Waals surface area contributed by atoms with Gasteiger partial charge in [0, 0.05) is 32.6 Å². The van der Waals surface area contributed by atoms with Crippen LogP contribution in [-0.4, -0.2) is 61.7 Å². The van der Waals surface area contributed by atoms with E-state index in [-0.39, 0.29) is 23.7 Å². The van der Waals surface area contributed by atoms with Gasteiger partial charge < -0.3 is 10.2 Å². The highest BCUT2D eigenvalue weighted by atomic mass is 35.5. The van der Waals surface area contributed by atoms with E-state index in [9.17, 15) is 22.4 Å². The molecule has 0 radical (unpaired) electrons. The summed E-state index contributed by atoms with van der Waals surface area (Å²) < 4.78 is 43.3. The molecule has 0 bridgehead atoms. The lowest BCUT2D eigenvalue weighted by atomic mass is 10.0. The minimum atomic E-state index is -4.32. The number of nitrogens with one attached hydrogen (secondary N) is 1. The molecule has 12 heteroatoms. The Bertz CT molecular complexity index is 1520. The Morgan fingerprint density at radius 3 is 2.10 bits per heavy atom. The van der Waals surface area contributed by atoms with Gasteiger partial charge in [-0.1, -0.05) is 71.7 Å². The molecule has 3 aromatic rings. The highest BCUT2D eigenvalue weighted by Crippen LogP contribution is 2.26. The first-order chi connectivity index (χ1) is 19.6. The fourth-order valence-corrected chi connectivity index (χ4v) is 5.58. The highest BCUT2D eigenvalue weighted by molar-refractivity contribution is 7.90. The van der Waals surface area contributed by atoms with Crippen LogP contribution >= 0.6 is 23.2 Å². The second-order valence-corrected chi connectivity index (χ2v) is 13.8. The van der Waals surface area contributed by atoms with E-state index < -0.39 is 46.0 Å². The SMILES string of the molecule is CN(C)S(=O)(=O)N(CC(=O)N(Cc1ccc(Cl)c(Cl)c1)[C@H](Cc1ccccc1)C(=O)NC(C)(C)C)c1ccccc1F. The number of hydrogen-bond donors (Lipinski definition) is 1. The summed E-state index contributed by atoms with van der Waals surface area (Å²) in [6, 6.07) is 18.2. The van der Waals surface area contributed by atoms with Crippen molar-refractivity contribution in [2.24, 2.45) is 0 Å². The van der Waals surface area contributed by atoms with Gasteiger partial charge in [-0.05, 0) is 56.2 Å². The number of amides is 2. The van der Waals surface area contributed by atoms with Gasteiger partial charge in [-0.2, -0.15) is 12.7 Å². The highest BCUT2D eigenvalue weighted by Gasteiger charge is 2.36. The molecule has 3 aromatic carbocycles. The van der Waals surface area contributed by atoms with Crippen molar-refractivity contribution in [2.75, 3.05) is 24.9 Å². The van der Waals surface area contributed by atoms with E-state index in [0.29, 0.717) is 14.9 Å². The molecule has 0 saturated heterocycles. The molecule has 0 fully saturated rings. The summed E-state index contributed by atoms with van der Waals surface area (Å²) >= 11 is 12.4. The van der Waals surface area contributed by atoms with Gasteiger partial charge in [0.15, 0.2) is 0 Å². The zero-order valence-electron chi connectivity index (χ0n) is 24.1. The summed E-state index contributed by atoms with van der Waals surface area (Å²) in [6.45, 7) is 4.59. The molecule has 0 aliphatic rings. The lowest BCUT2D eigenvalue weighted by molar-refractivity contribution is -0.140. The lowest BCUT2D eigenvalue weighted by Gasteiger charge is -2.35. The number of benzene rings is 3. The van der Waals surface area contributed by atoms with E-state index >= 15 is 0 Å². The molecule has 1 atom stereocenters. The Hall–Kier alpha value is -3.18. The van der Waals surface area contributed by atoms with Gasteiger partial charge in [-0.15, -0.1) is 0 Å². The second kappa shape index (κ2) is 13.9. The van der Waals surface area contributed by atoms with Gasteiger partial charge >= 0.3 is 10.2 Å². The van der Waals surface area contributed by atoms with Crippen molar-refractivity contribution >= 4 is 50.9 Å². The molecule has 2 amide bonds. The zero-order valence-corrected chi connectivity index (χ0v) is 26.5. The van der Waals surface area contributed by atoms with Gasteiger partial charge in [0.25, 0.3) is 0 Å². The monoisotopic (exact) mass is 636 g/mol. The van der Waals surface area contributed by atoms with Crippen LogP contribution in [0.5, 0.6) is 0 Å². The molecular formula is C30H35Cl2FN4O4S. The maximum absolute atomic E-state index is 14.9. The quantitative estimate of drug-likeness (QED) is 0.309. The topological polar surface area (TPSA) is 90.0 Å². The van der Waals surface area contributed by atoms with Crippen LogP contribution in [0.2, 0.25) is 10.0 Å². The van der Waals surface area contributed by atoms with Gasteiger partial charge in [0.05, 0.1) is 15.7 Å². The number of rotatable bonds is 11. The molecule has 3 rings (SSSR count). The van der Waals surface area contributed by atoms with Crippen molar-refractivity contribution in [3.63, 3.8) is 0 Å². The molecule has 42 heavy (non-hydrogen) atoms. The first-order valence-electron chi connectivity index (χ1n) is 13.1. The first-order valence-corrected chi connectivity index (χ1v) is 15.3. The summed E-state index contributed by atoms with van der Waals surface area (Å²) in [4.78, 5) is 29.3. The van der Waals surface area contributed by atoms with Crippen molar-refractivity contribution in [3.8, 4) is 0 Å². The van der Waals surface area contributed by atoms with Crippen LogP contribution in [0.3, 0.4) is 0 Å².